The van der Waals surface area contributed by atoms with Crippen LogP contribution < -0.4 is 16.6 Å². The van der Waals surface area contributed by atoms with Gasteiger partial charge in [-0.25, -0.2) is 10.8 Å². The van der Waals surface area contributed by atoms with Crippen molar-refractivity contribution in [3.05, 3.63) is 16.3 Å². The van der Waals surface area contributed by atoms with Gasteiger partial charge in [-0.2, -0.15) is 4.98 Å². The van der Waals surface area contributed by atoms with Crippen molar-refractivity contribution in [1.82, 2.24) is 9.97 Å². The average Bonchev–Trinajstić information content (AvgIpc) is 2.41. The number of aromatic nitrogens is 2. The molecule has 0 amide bonds. The van der Waals surface area contributed by atoms with Gasteiger partial charge in [0.15, 0.2) is 0 Å². The van der Waals surface area contributed by atoms with E-state index in [1.807, 2.05) is 0 Å². The Morgan fingerprint density at radius 3 is 2.90 bits per heavy atom. The first-order valence-electron chi connectivity index (χ1n) is 6.34. The number of nitrogens with one attached hydrogen (secondary N) is 2. The predicted molar refractivity (Wildman–Crippen MR) is 75.3 cm³/mol. The fourth-order valence-corrected chi connectivity index (χ4v) is 1.41. The lowest BCUT2D eigenvalue weighted by Gasteiger charge is -2.09. The third-order valence-corrected chi connectivity index (χ3v) is 2.30. The van der Waals surface area contributed by atoms with Gasteiger partial charge in [-0.05, 0) is 12.3 Å². The topological polar surface area (TPSA) is 128 Å². The van der Waals surface area contributed by atoms with Gasteiger partial charge in [0.2, 0.25) is 11.8 Å². The Kier molecular flexibility index (Phi) is 6.60. The zero-order valence-corrected chi connectivity index (χ0v) is 11.6. The Balaban J connectivity index is 2.47. The second kappa shape index (κ2) is 8.23. The van der Waals surface area contributed by atoms with Crippen molar-refractivity contribution in [2.75, 3.05) is 30.5 Å². The summed E-state index contributed by atoms with van der Waals surface area (Å²) in [6, 6.07) is 0. The zero-order chi connectivity index (χ0) is 15.0. The van der Waals surface area contributed by atoms with Gasteiger partial charge in [0.1, 0.15) is 6.20 Å². The van der Waals surface area contributed by atoms with Crippen molar-refractivity contribution >= 4 is 17.5 Å². The van der Waals surface area contributed by atoms with Crippen LogP contribution in [-0.2, 0) is 4.74 Å². The SMILES string of the molecule is CC(C)COCCCNc1nc(NN)ncc1[N+](=O)[O-]. The van der Waals surface area contributed by atoms with Crippen LogP contribution in [0.25, 0.3) is 0 Å². The molecule has 9 heteroatoms. The number of anilines is 2. The highest BCUT2D eigenvalue weighted by Gasteiger charge is 2.16. The molecule has 112 valence electrons. The molecule has 4 N–H and O–H groups in total. The molecular formula is C11H20N6O3. The number of hydrogen-bond acceptors (Lipinski definition) is 8. The third kappa shape index (κ3) is 5.33. The first-order chi connectivity index (χ1) is 9.54. The molecule has 0 fully saturated rings. The summed E-state index contributed by atoms with van der Waals surface area (Å²) in [4.78, 5) is 17.9. The van der Waals surface area contributed by atoms with Crippen molar-refractivity contribution in [3.8, 4) is 0 Å². The molecule has 1 aromatic rings. The van der Waals surface area contributed by atoms with E-state index in [1.165, 1.54) is 0 Å². The average molecular weight is 284 g/mol. The van der Waals surface area contributed by atoms with Gasteiger partial charge in [0.25, 0.3) is 0 Å². The molecule has 0 radical (unpaired) electrons. The molecule has 0 aliphatic rings. The summed E-state index contributed by atoms with van der Waals surface area (Å²) in [7, 11) is 0. The number of hydrazine groups is 1. The fourth-order valence-electron chi connectivity index (χ4n) is 1.41. The van der Waals surface area contributed by atoms with E-state index in [-0.39, 0.29) is 17.5 Å². The summed E-state index contributed by atoms with van der Waals surface area (Å²) >= 11 is 0. The second-order valence-electron chi connectivity index (χ2n) is 4.58. The van der Waals surface area contributed by atoms with E-state index < -0.39 is 4.92 Å². The Bertz CT molecular complexity index is 440. The van der Waals surface area contributed by atoms with E-state index in [0.717, 1.165) is 12.6 Å². The quantitative estimate of drug-likeness (QED) is 0.266. The van der Waals surface area contributed by atoms with Crippen LogP contribution in [0.4, 0.5) is 17.5 Å². The number of rotatable bonds is 9. The molecule has 0 bridgehead atoms. The van der Waals surface area contributed by atoms with E-state index >= 15 is 0 Å². The van der Waals surface area contributed by atoms with Crippen molar-refractivity contribution in [2.24, 2.45) is 11.8 Å². The van der Waals surface area contributed by atoms with Crippen molar-refractivity contribution in [1.29, 1.82) is 0 Å². The van der Waals surface area contributed by atoms with Crippen LogP contribution in [-0.4, -0.2) is 34.6 Å². The van der Waals surface area contributed by atoms with E-state index in [2.05, 4.69) is 34.6 Å². The maximum atomic E-state index is 10.8. The molecule has 0 aromatic carbocycles. The minimum absolute atomic E-state index is 0.120. The molecule has 1 rings (SSSR count). The van der Waals surface area contributed by atoms with Gasteiger partial charge in [0, 0.05) is 19.8 Å². The third-order valence-electron chi connectivity index (χ3n) is 2.30. The molecule has 0 atom stereocenters. The lowest BCUT2D eigenvalue weighted by atomic mass is 10.2. The van der Waals surface area contributed by atoms with E-state index in [1.54, 1.807) is 0 Å². The van der Waals surface area contributed by atoms with Crippen molar-refractivity contribution < 1.29 is 9.66 Å². The molecule has 0 unspecified atom stereocenters. The standard InChI is InChI=1S/C11H20N6O3/c1-8(2)7-20-5-3-4-13-10-9(17(18)19)6-14-11(15-10)16-12/h6,8H,3-5,7,12H2,1-2H3,(H2,13,14,15,16). The molecule has 1 heterocycles. The van der Waals surface area contributed by atoms with Crippen LogP contribution in [0.2, 0.25) is 0 Å². The molecule has 20 heavy (non-hydrogen) atoms. The highest BCUT2D eigenvalue weighted by molar-refractivity contribution is 5.56. The van der Waals surface area contributed by atoms with Crippen LogP contribution in [0.1, 0.15) is 20.3 Å². The largest absolute Gasteiger partial charge is 0.381 e. The minimum Gasteiger partial charge on any atom is -0.381 e. The summed E-state index contributed by atoms with van der Waals surface area (Å²) < 4.78 is 5.42. The second-order valence-corrected chi connectivity index (χ2v) is 4.58. The van der Waals surface area contributed by atoms with Crippen LogP contribution >= 0.6 is 0 Å². The Hall–Kier alpha value is -2.00. The Morgan fingerprint density at radius 2 is 2.30 bits per heavy atom. The number of hydrogen-bond donors (Lipinski definition) is 3. The predicted octanol–water partition coefficient (Wildman–Crippen LogP) is 1.14. The molecule has 0 aliphatic carbocycles. The van der Waals surface area contributed by atoms with E-state index in [9.17, 15) is 10.1 Å². The first-order valence-corrected chi connectivity index (χ1v) is 6.34. The number of nitro groups is 1. The summed E-state index contributed by atoms with van der Waals surface area (Å²) in [6.07, 6.45) is 1.83. The van der Waals surface area contributed by atoms with Crippen LogP contribution in [0.3, 0.4) is 0 Å². The molecule has 1 aromatic heterocycles. The number of nitrogen functional groups attached to an aromatic ring is 1. The monoisotopic (exact) mass is 284 g/mol. The highest BCUT2D eigenvalue weighted by atomic mass is 16.6. The van der Waals surface area contributed by atoms with Crippen LogP contribution in [0.15, 0.2) is 6.20 Å². The van der Waals surface area contributed by atoms with Gasteiger partial charge in [-0.1, -0.05) is 13.8 Å². The fraction of sp³-hybridized carbons (Fsp3) is 0.636. The number of nitrogens with two attached hydrogens (primary N) is 1. The Labute approximate surface area is 117 Å². The van der Waals surface area contributed by atoms with Gasteiger partial charge in [0.05, 0.1) is 4.92 Å². The van der Waals surface area contributed by atoms with Gasteiger partial charge >= 0.3 is 5.69 Å². The normalized spacial score (nSPS) is 10.6. The molecule has 9 nitrogen and oxygen atoms in total. The lowest BCUT2D eigenvalue weighted by molar-refractivity contribution is -0.384. The summed E-state index contributed by atoms with van der Waals surface area (Å²) in [6.45, 7) is 5.95. The van der Waals surface area contributed by atoms with Crippen LogP contribution in [0.5, 0.6) is 0 Å². The van der Waals surface area contributed by atoms with Crippen molar-refractivity contribution in [3.63, 3.8) is 0 Å². The molecular weight excluding hydrogens is 264 g/mol. The molecule has 0 aliphatic heterocycles. The number of ether oxygens (including phenoxy) is 1. The van der Waals surface area contributed by atoms with Crippen molar-refractivity contribution in [2.45, 2.75) is 20.3 Å². The van der Waals surface area contributed by atoms with E-state index in [0.29, 0.717) is 25.7 Å². The first kappa shape index (κ1) is 16.1. The molecule has 0 saturated heterocycles. The summed E-state index contributed by atoms with van der Waals surface area (Å²) in [5.74, 6) is 5.92. The van der Waals surface area contributed by atoms with Gasteiger partial charge < -0.3 is 10.1 Å². The molecule has 0 spiro atoms. The van der Waals surface area contributed by atoms with Gasteiger partial charge in [-0.3, -0.25) is 15.5 Å². The lowest BCUT2D eigenvalue weighted by Crippen LogP contribution is -2.14. The Morgan fingerprint density at radius 1 is 1.55 bits per heavy atom. The smallest absolute Gasteiger partial charge is 0.329 e. The minimum atomic E-state index is -0.544. The maximum absolute atomic E-state index is 10.8. The van der Waals surface area contributed by atoms with Crippen LogP contribution in [0, 0.1) is 16.0 Å². The van der Waals surface area contributed by atoms with Gasteiger partial charge in [-0.15, -0.1) is 0 Å². The van der Waals surface area contributed by atoms with E-state index in [4.69, 9.17) is 10.6 Å². The maximum Gasteiger partial charge on any atom is 0.329 e. The zero-order valence-electron chi connectivity index (χ0n) is 11.6. The summed E-state index contributed by atoms with van der Waals surface area (Å²) in [5.41, 5.74) is 2.06. The number of nitrogens with zero attached hydrogens (tertiary/aromatic N) is 3. The highest BCUT2D eigenvalue weighted by Crippen LogP contribution is 2.21. The summed E-state index contributed by atoms with van der Waals surface area (Å²) in [5, 5.41) is 13.7. The molecule has 0 saturated carbocycles.